The molecule has 2 aromatic rings. The highest BCUT2D eigenvalue weighted by molar-refractivity contribution is 5.94. The van der Waals surface area contributed by atoms with Gasteiger partial charge in [0.25, 0.3) is 5.91 Å². The SMILES string of the molecule is O=C(c1cc[n+]([O-])cc1)N1CCc2ccccc2C1. The third-order valence-electron chi connectivity index (χ3n) is 3.47. The Labute approximate surface area is 111 Å². The minimum absolute atomic E-state index is 0.0184. The van der Waals surface area contributed by atoms with E-state index in [9.17, 15) is 10.0 Å². The molecule has 1 aliphatic rings. The summed E-state index contributed by atoms with van der Waals surface area (Å²) in [5.41, 5.74) is 3.08. The van der Waals surface area contributed by atoms with E-state index < -0.39 is 0 Å². The first kappa shape index (κ1) is 11.7. The van der Waals surface area contributed by atoms with Crippen molar-refractivity contribution in [3.8, 4) is 0 Å². The Kier molecular flexibility index (Phi) is 2.91. The molecule has 2 heterocycles. The first-order valence-electron chi connectivity index (χ1n) is 6.29. The molecule has 4 nitrogen and oxygen atoms in total. The lowest BCUT2D eigenvalue weighted by atomic mass is 9.99. The molecule has 0 saturated carbocycles. The first-order valence-corrected chi connectivity index (χ1v) is 6.29. The highest BCUT2D eigenvalue weighted by Gasteiger charge is 2.21. The number of pyridine rings is 1. The molecule has 0 spiro atoms. The summed E-state index contributed by atoms with van der Waals surface area (Å²) in [4.78, 5) is 14.2. The minimum atomic E-state index is -0.0184. The predicted molar refractivity (Wildman–Crippen MR) is 70.3 cm³/mol. The molecule has 0 radical (unpaired) electrons. The van der Waals surface area contributed by atoms with Crippen LogP contribution >= 0.6 is 0 Å². The van der Waals surface area contributed by atoms with Crippen molar-refractivity contribution >= 4 is 5.91 Å². The number of carbonyl (C=O) groups is 1. The second-order valence-electron chi connectivity index (χ2n) is 4.69. The van der Waals surface area contributed by atoms with E-state index in [0.29, 0.717) is 16.8 Å². The molecule has 0 bridgehead atoms. The minimum Gasteiger partial charge on any atom is -0.619 e. The van der Waals surface area contributed by atoms with E-state index in [1.807, 2.05) is 17.0 Å². The number of carbonyl (C=O) groups excluding carboxylic acids is 1. The standard InChI is InChI=1S/C15H14N2O2/c18-15(13-6-9-17(19)10-7-13)16-8-5-12-3-1-2-4-14(12)11-16/h1-4,6-7,9-10H,5,8,11H2. The van der Waals surface area contributed by atoms with Crippen LogP contribution in [-0.2, 0) is 13.0 Å². The highest BCUT2D eigenvalue weighted by atomic mass is 16.5. The van der Waals surface area contributed by atoms with Crippen molar-refractivity contribution in [3.05, 3.63) is 70.7 Å². The summed E-state index contributed by atoms with van der Waals surface area (Å²) in [6.07, 6.45) is 3.59. The van der Waals surface area contributed by atoms with Crippen LogP contribution in [0.25, 0.3) is 0 Å². The molecule has 0 fully saturated rings. The third kappa shape index (κ3) is 2.29. The van der Waals surface area contributed by atoms with Crippen molar-refractivity contribution in [1.82, 2.24) is 4.90 Å². The number of hydrogen-bond acceptors (Lipinski definition) is 2. The number of hydrogen-bond donors (Lipinski definition) is 0. The lowest BCUT2D eigenvalue weighted by Crippen LogP contribution is -2.36. The average molecular weight is 254 g/mol. The highest BCUT2D eigenvalue weighted by Crippen LogP contribution is 2.19. The Hall–Kier alpha value is -2.36. The fourth-order valence-electron chi connectivity index (χ4n) is 2.41. The first-order chi connectivity index (χ1) is 9.24. The molecule has 0 N–H and O–H groups in total. The van der Waals surface area contributed by atoms with Gasteiger partial charge in [-0.2, -0.15) is 4.73 Å². The quantitative estimate of drug-likeness (QED) is 0.572. The van der Waals surface area contributed by atoms with E-state index in [1.54, 1.807) is 12.1 Å². The van der Waals surface area contributed by atoms with Crippen molar-refractivity contribution in [3.63, 3.8) is 0 Å². The van der Waals surface area contributed by atoms with Crippen LogP contribution in [0.15, 0.2) is 48.8 Å². The van der Waals surface area contributed by atoms with E-state index in [0.717, 1.165) is 13.0 Å². The summed E-state index contributed by atoms with van der Waals surface area (Å²) in [7, 11) is 0. The van der Waals surface area contributed by atoms with E-state index >= 15 is 0 Å². The third-order valence-corrected chi connectivity index (χ3v) is 3.47. The van der Waals surface area contributed by atoms with Gasteiger partial charge in [0.1, 0.15) is 0 Å². The Morgan fingerprint density at radius 2 is 1.79 bits per heavy atom. The molecule has 1 amide bonds. The smallest absolute Gasteiger partial charge is 0.254 e. The largest absolute Gasteiger partial charge is 0.619 e. The maximum absolute atomic E-state index is 12.3. The molecule has 0 unspecified atom stereocenters. The lowest BCUT2D eigenvalue weighted by Gasteiger charge is -2.28. The van der Waals surface area contributed by atoms with Gasteiger partial charge in [0, 0.05) is 25.2 Å². The fourth-order valence-corrected chi connectivity index (χ4v) is 2.41. The second kappa shape index (κ2) is 4.72. The van der Waals surface area contributed by atoms with Crippen molar-refractivity contribution in [1.29, 1.82) is 0 Å². The van der Waals surface area contributed by atoms with E-state index in [1.165, 1.54) is 23.5 Å². The summed E-state index contributed by atoms with van der Waals surface area (Å²) in [5.74, 6) is -0.0184. The van der Waals surface area contributed by atoms with Gasteiger partial charge in [0.15, 0.2) is 12.4 Å². The zero-order valence-corrected chi connectivity index (χ0v) is 10.5. The number of fused-ring (bicyclic) bond motifs is 1. The molecule has 3 rings (SSSR count). The Morgan fingerprint density at radius 3 is 2.53 bits per heavy atom. The van der Waals surface area contributed by atoms with Crippen LogP contribution in [0, 0.1) is 5.21 Å². The summed E-state index contributed by atoms with van der Waals surface area (Å²) >= 11 is 0. The number of benzene rings is 1. The number of aromatic nitrogens is 1. The van der Waals surface area contributed by atoms with E-state index in [2.05, 4.69) is 12.1 Å². The normalized spacial score (nSPS) is 14.0. The summed E-state index contributed by atoms with van der Waals surface area (Å²) in [6.45, 7) is 1.36. The van der Waals surface area contributed by atoms with Crippen LogP contribution in [0.3, 0.4) is 0 Å². The molecule has 1 aromatic carbocycles. The summed E-state index contributed by atoms with van der Waals surface area (Å²) < 4.78 is 0.683. The predicted octanol–water partition coefficient (Wildman–Crippen LogP) is 1.52. The average Bonchev–Trinajstić information content (AvgIpc) is 2.47. The van der Waals surface area contributed by atoms with Crippen LogP contribution in [0.1, 0.15) is 21.5 Å². The summed E-state index contributed by atoms with van der Waals surface area (Å²) in [6, 6.07) is 11.3. The molecular formula is C15H14N2O2. The van der Waals surface area contributed by atoms with Gasteiger partial charge in [0.2, 0.25) is 0 Å². The van der Waals surface area contributed by atoms with Gasteiger partial charge in [-0.3, -0.25) is 4.79 Å². The van der Waals surface area contributed by atoms with Gasteiger partial charge < -0.3 is 10.1 Å². The van der Waals surface area contributed by atoms with Crippen molar-refractivity contribution in [2.75, 3.05) is 6.54 Å². The number of rotatable bonds is 1. The molecular weight excluding hydrogens is 240 g/mol. The summed E-state index contributed by atoms with van der Waals surface area (Å²) in [5, 5.41) is 11.0. The van der Waals surface area contributed by atoms with Gasteiger partial charge in [-0.25, -0.2) is 0 Å². The molecule has 4 heteroatoms. The van der Waals surface area contributed by atoms with Crippen LogP contribution < -0.4 is 4.73 Å². The van der Waals surface area contributed by atoms with Crippen LogP contribution in [0.2, 0.25) is 0 Å². The Bertz CT molecular complexity index is 608. The van der Waals surface area contributed by atoms with Gasteiger partial charge in [-0.15, -0.1) is 0 Å². The second-order valence-corrected chi connectivity index (χ2v) is 4.69. The van der Waals surface area contributed by atoms with E-state index in [4.69, 9.17) is 0 Å². The monoisotopic (exact) mass is 254 g/mol. The number of amides is 1. The molecule has 96 valence electrons. The van der Waals surface area contributed by atoms with Crippen LogP contribution in [0.4, 0.5) is 0 Å². The van der Waals surface area contributed by atoms with Gasteiger partial charge >= 0.3 is 0 Å². The molecule has 1 aromatic heterocycles. The molecule has 0 atom stereocenters. The van der Waals surface area contributed by atoms with Gasteiger partial charge in [-0.1, -0.05) is 24.3 Å². The van der Waals surface area contributed by atoms with Gasteiger partial charge in [0.05, 0.1) is 5.56 Å². The molecule has 0 saturated heterocycles. The van der Waals surface area contributed by atoms with Crippen LogP contribution in [-0.4, -0.2) is 17.4 Å². The Morgan fingerprint density at radius 1 is 1.11 bits per heavy atom. The van der Waals surface area contributed by atoms with Gasteiger partial charge in [-0.05, 0) is 17.5 Å². The fraction of sp³-hybridized carbons (Fsp3) is 0.200. The zero-order chi connectivity index (χ0) is 13.2. The number of nitrogens with zero attached hydrogens (tertiary/aromatic N) is 2. The van der Waals surface area contributed by atoms with Crippen LogP contribution in [0.5, 0.6) is 0 Å². The van der Waals surface area contributed by atoms with Crippen molar-refractivity contribution in [2.45, 2.75) is 13.0 Å². The maximum atomic E-state index is 12.3. The lowest BCUT2D eigenvalue weighted by molar-refractivity contribution is -0.605. The molecule has 0 aliphatic carbocycles. The Balaban J connectivity index is 1.81. The molecule has 1 aliphatic heterocycles. The van der Waals surface area contributed by atoms with E-state index in [-0.39, 0.29) is 5.91 Å². The molecule has 19 heavy (non-hydrogen) atoms. The maximum Gasteiger partial charge on any atom is 0.254 e. The zero-order valence-electron chi connectivity index (χ0n) is 10.5. The van der Waals surface area contributed by atoms with Crippen molar-refractivity contribution < 1.29 is 9.52 Å². The van der Waals surface area contributed by atoms with Crippen molar-refractivity contribution in [2.24, 2.45) is 0 Å². The topological polar surface area (TPSA) is 47.2 Å².